The van der Waals surface area contributed by atoms with Crippen molar-refractivity contribution < 1.29 is 4.79 Å². The van der Waals surface area contributed by atoms with E-state index in [-0.39, 0.29) is 5.78 Å². The second-order valence-corrected chi connectivity index (χ2v) is 7.32. The third kappa shape index (κ3) is 3.88. The van der Waals surface area contributed by atoms with Crippen LogP contribution in [0.1, 0.15) is 49.8 Å². The van der Waals surface area contributed by atoms with Gasteiger partial charge in [-0.3, -0.25) is 4.79 Å². The number of hydrogen-bond donors (Lipinski definition) is 0. The van der Waals surface area contributed by atoms with Crippen LogP contribution in [0.2, 0.25) is 0 Å². The van der Waals surface area contributed by atoms with E-state index in [4.69, 9.17) is 0 Å². The van der Waals surface area contributed by atoms with Gasteiger partial charge in [0.25, 0.3) is 0 Å². The molecule has 3 aromatic carbocycles. The summed E-state index contributed by atoms with van der Waals surface area (Å²) in [7, 11) is 0. The maximum atomic E-state index is 13.9. The fraction of sp³-hybridized carbons (Fsp3) is 0.269. The monoisotopic (exact) mass is 356 g/mol. The van der Waals surface area contributed by atoms with Crippen LogP contribution in [0.25, 0.3) is 0 Å². The number of benzene rings is 3. The highest BCUT2D eigenvalue weighted by Gasteiger charge is 2.42. The van der Waals surface area contributed by atoms with E-state index < -0.39 is 5.41 Å². The van der Waals surface area contributed by atoms with Gasteiger partial charge in [0.1, 0.15) is 5.41 Å². The standard InChI is InChI=1S/C26H28O/c1-3-21(2)19-20-25(27)26(22-13-7-4-8-14-22,23-15-9-5-10-16-23)24-17-11-6-12-18-24/h4-18,21H,3,19-20H2,1-2H3. The first-order chi connectivity index (χ1) is 13.2. The summed E-state index contributed by atoms with van der Waals surface area (Å²) in [6.45, 7) is 4.41. The van der Waals surface area contributed by atoms with Crippen LogP contribution in [0.4, 0.5) is 0 Å². The Kier molecular flexibility index (Phi) is 6.24. The van der Waals surface area contributed by atoms with E-state index in [2.05, 4.69) is 50.2 Å². The lowest BCUT2D eigenvalue weighted by Crippen LogP contribution is -2.38. The molecule has 0 amide bonds. The van der Waals surface area contributed by atoms with Crippen molar-refractivity contribution in [3.8, 4) is 0 Å². The molecule has 138 valence electrons. The molecule has 0 saturated heterocycles. The molecule has 0 radical (unpaired) electrons. The second kappa shape index (κ2) is 8.81. The molecule has 0 saturated carbocycles. The van der Waals surface area contributed by atoms with Crippen LogP contribution in [0.3, 0.4) is 0 Å². The quantitative estimate of drug-likeness (QED) is 0.426. The molecule has 0 aliphatic rings. The Morgan fingerprint density at radius 2 is 1.11 bits per heavy atom. The maximum absolute atomic E-state index is 13.9. The van der Waals surface area contributed by atoms with Gasteiger partial charge in [-0.1, -0.05) is 111 Å². The molecule has 0 aliphatic heterocycles. The van der Waals surface area contributed by atoms with Gasteiger partial charge in [-0.15, -0.1) is 0 Å². The molecule has 1 heteroatoms. The molecule has 0 spiro atoms. The Bertz CT molecular complexity index is 740. The van der Waals surface area contributed by atoms with E-state index in [0.717, 1.165) is 29.5 Å². The van der Waals surface area contributed by atoms with Gasteiger partial charge in [-0.25, -0.2) is 0 Å². The lowest BCUT2D eigenvalue weighted by Gasteiger charge is -2.35. The average Bonchev–Trinajstić information content (AvgIpc) is 2.75. The first kappa shape index (κ1) is 19.1. The van der Waals surface area contributed by atoms with E-state index in [1.54, 1.807) is 0 Å². The number of hydrogen-bond acceptors (Lipinski definition) is 1. The van der Waals surface area contributed by atoms with Crippen LogP contribution in [0.5, 0.6) is 0 Å². The maximum Gasteiger partial charge on any atom is 0.152 e. The van der Waals surface area contributed by atoms with Crippen molar-refractivity contribution in [2.24, 2.45) is 5.92 Å². The molecule has 1 unspecified atom stereocenters. The van der Waals surface area contributed by atoms with Crippen LogP contribution in [-0.2, 0) is 10.2 Å². The third-order valence-corrected chi connectivity index (χ3v) is 5.60. The van der Waals surface area contributed by atoms with Crippen molar-refractivity contribution in [2.75, 3.05) is 0 Å². The number of Topliss-reactive ketones (excluding diaryl/α,β-unsaturated/α-hetero) is 1. The van der Waals surface area contributed by atoms with Crippen LogP contribution >= 0.6 is 0 Å². The van der Waals surface area contributed by atoms with E-state index in [9.17, 15) is 4.79 Å². The van der Waals surface area contributed by atoms with Crippen molar-refractivity contribution >= 4 is 5.78 Å². The summed E-state index contributed by atoms with van der Waals surface area (Å²) in [4.78, 5) is 13.9. The molecule has 27 heavy (non-hydrogen) atoms. The molecule has 3 aromatic rings. The minimum atomic E-state index is -0.767. The number of rotatable bonds is 8. The summed E-state index contributed by atoms with van der Waals surface area (Å²) in [6, 6.07) is 30.7. The molecule has 0 heterocycles. The Morgan fingerprint density at radius 3 is 1.44 bits per heavy atom. The van der Waals surface area contributed by atoms with Crippen LogP contribution in [0, 0.1) is 5.92 Å². The number of carbonyl (C=O) groups excluding carboxylic acids is 1. The predicted molar refractivity (Wildman–Crippen MR) is 113 cm³/mol. The fourth-order valence-corrected chi connectivity index (χ4v) is 3.82. The number of carbonyl (C=O) groups is 1. The normalized spacial score (nSPS) is 12.5. The van der Waals surface area contributed by atoms with Gasteiger partial charge in [-0.2, -0.15) is 0 Å². The summed E-state index contributed by atoms with van der Waals surface area (Å²) in [5.74, 6) is 0.820. The molecule has 0 N–H and O–H groups in total. The van der Waals surface area contributed by atoms with Crippen molar-refractivity contribution in [1.82, 2.24) is 0 Å². The second-order valence-electron chi connectivity index (χ2n) is 7.32. The molecule has 1 nitrogen and oxygen atoms in total. The van der Waals surface area contributed by atoms with Crippen molar-refractivity contribution in [1.29, 1.82) is 0 Å². The predicted octanol–water partition coefficient (Wildman–Crippen LogP) is 6.42. The van der Waals surface area contributed by atoms with E-state index in [0.29, 0.717) is 12.3 Å². The lowest BCUT2D eigenvalue weighted by molar-refractivity contribution is -0.122. The first-order valence-corrected chi connectivity index (χ1v) is 9.89. The smallest absolute Gasteiger partial charge is 0.152 e. The summed E-state index contributed by atoms with van der Waals surface area (Å²) in [6.07, 6.45) is 2.60. The van der Waals surface area contributed by atoms with Crippen LogP contribution in [-0.4, -0.2) is 5.78 Å². The summed E-state index contributed by atoms with van der Waals surface area (Å²) >= 11 is 0. The molecule has 0 aliphatic carbocycles. The van der Waals surface area contributed by atoms with E-state index in [1.807, 2.05) is 54.6 Å². The molecule has 0 bridgehead atoms. The third-order valence-electron chi connectivity index (χ3n) is 5.60. The molecular weight excluding hydrogens is 328 g/mol. The molecule has 1 atom stereocenters. The van der Waals surface area contributed by atoms with E-state index >= 15 is 0 Å². The highest BCUT2D eigenvalue weighted by atomic mass is 16.1. The van der Waals surface area contributed by atoms with Crippen molar-refractivity contribution in [3.63, 3.8) is 0 Å². The highest BCUT2D eigenvalue weighted by molar-refractivity contribution is 5.97. The lowest BCUT2D eigenvalue weighted by atomic mass is 9.65. The van der Waals surface area contributed by atoms with Crippen molar-refractivity contribution in [3.05, 3.63) is 108 Å². The SMILES string of the molecule is CCC(C)CCC(=O)C(c1ccccc1)(c1ccccc1)c1ccccc1. The molecular formula is C26H28O. The fourth-order valence-electron chi connectivity index (χ4n) is 3.82. The minimum absolute atomic E-state index is 0.270. The van der Waals surface area contributed by atoms with Crippen LogP contribution in [0.15, 0.2) is 91.0 Å². The highest BCUT2D eigenvalue weighted by Crippen LogP contribution is 2.41. The largest absolute Gasteiger partial charge is 0.298 e. The first-order valence-electron chi connectivity index (χ1n) is 9.89. The Labute approximate surface area is 163 Å². The van der Waals surface area contributed by atoms with Crippen molar-refractivity contribution in [2.45, 2.75) is 38.5 Å². The number of ketones is 1. The molecule has 0 fully saturated rings. The molecule has 0 aromatic heterocycles. The van der Waals surface area contributed by atoms with Gasteiger partial charge in [0.15, 0.2) is 5.78 Å². The Hall–Kier alpha value is -2.67. The summed E-state index contributed by atoms with van der Waals surface area (Å²) in [5, 5.41) is 0. The van der Waals surface area contributed by atoms with Gasteiger partial charge in [0, 0.05) is 6.42 Å². The summed E-state index contributed by atoms with van der Waals surface area (Å²) < 4.78 is 0. The zero-order valence-electron chi connectivity index (χ0n) is 16.3. The van der Waals surface area contributed by atoms with Gasteiger partial charge >= 0.3 is 0 Å². The average molecular weight is 357 g/mol. The molecule has 3 rings (SSSR count). The summed E-state index contributed by atoms with van der Waals surface area (Å²) in [5.41, 5.74) is 2.35. The zero-order chi connectivity index (χ0) is 19.1. The van der Waals surface area contributed by atoms with Gasteiger partial charge in [0.2, 0.25) is 0 Å². The van der Waals surface area contributed by atoms with Gasteiger partial charge in [0.05, 0.1) is 0 Å². The minimum Gasteiger partial charge on any atom is -0.298 e. The Balaban J connectivity index is 2.21. The zero-order valence-corrected chi connectivity index (χ0v) is 16.3. The van der Waals surface area contributed by atoms with Gasteiger partial charge < -0.3 is 0 Å². The van der Waals surface area contributed by atoms with E-state index in [1.165, 1.54) is 0 Å². The topological polar surface area (TPSA) is 17.1 Å². The Morgan fingerprint density at radius 1 is 0.741 bits per heavy atom. The van der Waals surface area contributed by atoms with Gasteiger partial charge in [-0.05, 0) is 29.0 Å². The van der Waals surface area contributed by atoms with Crippen LogP contribution < -0.4 is 0 Å².